The summed E-state index contributed by atoms with van der Waals surface area (Å²) in [5.74, 6) is -0.121. The van der Waals surface area contributed by atoms with Crippen LogP contribution < -0.4 is 5.32 Å². The summed E-state index contributed by atoms with van der Waals surface area (Å²) in [5.41, 5.74) is 4.17. The summed E-state index contributed by atoms with van der Waals surface area (Å²) in [5, 5.41) is 6.00. The van der Waals surface area contributed by atoms with Crippen LogP contribution in [0.3, 0.4) is 0 Å². The Labute approximate surface area is 166 Å². The molecule has 4 aromatic rings. The van der Waals surface area contributed by atoms with Gasteiger partial charge in [-0.2, -0.15) is 0 Å². The molecule has 0 unspecified atom stereocenters. The molecule has 0 aliphatic rings. The number of amides is 1. The maximum absolute atomic E-state index is 12.6. The molecule has 0 spiro atoms. The van der Waals surface area contributed by atoms with Crippen molar-refractivity contribution in [2.24, 2.45) is 0 Å². The summed E-state index contributed by atoms with van der Waals surface area (Å²) in [7, 11) is 1.61. The zero-order valence-corrected chi connectivity index (χ0v) is 16.6. The van der Waals surface area contributed by atoms with E-state index in [1.54, 1.807) is 24.8 Å². The van der Waals surface area contributed by atoms with Crippen molar-refractivity contribution in [3.63, 3.8) is 0 Å². The SMILES string of the molecule is COCCNC(=O)c1cc(-c2cn(Cc3csc(C)n3)cn2)n2ccccc12. The predicted molar refractivity (Wildman–Crippen MR) is 109 cm³/mol. The minimum Gasteiger partial charge on any atom is -0.383 e. The number of rotatable bonds is 7. The van der Waals surface area contributed by atoms with Crippen molar-refractivity contribution in [2.45, 2.75) is 13.5 Å². The second kappa shape index (κ2) is 7.95. The minimum absolute atomic E-state index is 0.121. The van der Waals surface area contributed by atoms with Gasteiger partial charge in [0.2, 0.25) is 0 Å². The number of nitrogens with zero attached hydrogens (tertiary/aromatic N) is 4. The van der Waals surface area contributed by atoms with E-state index in [9.17, 15) is 4.79 Å². The summed E-state index contributed by atoms with van der Waals surface area (Å²) < 4.78 is 9.00. The van der Waals surface area contributed by atoms with Gasteiger partial charge in [-0.15, -0.1) is 11.3 Å². The summed E-state index contributed by atoms with van der Waals surface area (Å²) in [4.78, 5) is 21.7. The quantitative estimate of drug-likeness (QED) is 0.488. The number of imidazole rings is 1. The monoisotopic (exact) mass is 395 g/mol. The van der Waals surface area contributed by atoms with Crippen LogP contribution >= 0.6 is 11.3 Å². The van der Waals surface area contributed by atoms with E-state index in [4.69, 9.17) is 4.74 Å². The summed E-state index contributed by atoms with van der Waals surface area (Å²) in [6.07, 6.45) is 5.72. The minimum atomic E-state index is -0.121. The molecule has 0 aromatic carbocycles. The van der Waals surface area contributed by atoms with E-state index in [0.717, 1.165) is 27.6 Å². The molecule has 28 heavy (non-hydrogen) atoms. The van der Waals surface area contributed by atoms with Crippen LogP contribution in [-0.4, -0.2) is 45.1 Å². The third kappa shape index (κ3) is 3.69. The van der Waals surface area contributed by atoms with E-state index in [0.29, 0.717) is 25.3 Å². The molecule has 0 aliphatic carbocycles. The molecule has 0 saturated carbocycles. The van der Waals surface area contributed by atoms with Gasteiger partial charge in [-0.25, -0.2) is 9.97 Å². The maximum atomic E-state index is 12.6. The Morgan fingerprint density at radius 3 is 3.04 bits per heavy atom. The number of carbonyl (C=O) groups is 1. The Balaban J connectivity index is 1.64. The van der Waals surface area contributed by atoms with Crippen molar-refractivity contribution in [2.75, 3.05) is 20.3 Å². The molecule has 0 bridgehead atoms. The molecule has 0 aliphatic heterocycles. The van der Waals surface area contributed by atoms with Gasteiger partial charge in [0.05, 0.1) is 47.0 Å². The van der Waals surface area contributed by atoms with Gasteiger partial charge in [-0.3, -0.25) is 4.79 Å². The molecular weight excluding hydrogens is 374 g/mol. The van der Waals surface area contributed by atoms with E-state index >= 15 is 0 Å². The summed E-state index contributed by atoms with van der Waals surface area (Å²) in [6, 6.07) is 7.69. The highest BCUT2D eigenvalue weighted by molar-refractivity contribution is 7.09. The molecule has 144 valence electrons. The first-order chi connectivity index (χ1) is 13.7. The molecule has 0 radical (unpaired) electrons. The molecule has 1 N–H and O–H groups in total. The van der Waals surface area contributed by atoms with Gasteiger partial charge in [-0.1, -0.05) is 6.07 Å². The van der Waals surface area contributed by atoms with Gasteiger partial charge >= 0.3 is 0 Å². The molecule has 0 fully saturated rings. The lowest BCUT2D eigenvalue weighted by Crippen LogP contribution is -2.26. The Kier molecular flexibility index (Phi) is 5.23. The second-order valence-corrected chi connectivity index (χ2v) is 7.50. The molecule has 1 amide bonds. The average Bonchev–Trinajstić information content (AvgIpc) is 3.40. The maximum Gasteiger partial charge on any atom is 0.253 e. The van der Waals surface area contributed by atoms with Crippen LogP contribution in [0.5, 0.6) is 0 Å². The molecule has 4 heterocycles. The largest absolute Gasteiger partial charge is 0.383 e. The number of hydrogen-bond acceptors (Lipinski definition) is 5. The molecule has 4 aromatic heterocycles. The number of fused-ring (bicyclic) bond motifs is 1. The van der Waals surface area contributed by atoms with E-state index in [2.05, 4.69) is 20.7 Å². The average molecular weight is 395 g/mol. The van der Waals surface area contributed by atoms with Gasteiger partial charge < -0.3 is 19.0 Å². The normalized spacial score (nSPS) is 11.2. The highest BCUT2D eigenvalue weighted by Gasteiger charge is 2.17. The highest BCUT2D eigenvalue weighted by atomic mass is 32.1. The van der Waals surface area contributed by atoms with Crippen LogP contribution in [-0.2, 0) is 11.3 Å². The van der Waals surface area contributed by atoms with Crippen molar-refractivity contribution in [1.82, 2.24) is 24.3 Å². The third-order valence-corrected chi connectivity index (χ3v) is 5.24. The number of carbonyl (C=O) groups excluding carboxylic acids is 1. The fourth-order valence-corrected chi connectivity index (χ4v) is 3.74. The second-order valence-electron chi connectivity index (χ2n) is 6.44. The molecule has 0 saturated heterocycles. The number of aromatic nitrogens is 4. The van der Waals surface area contributed by atoms with Crippen LogP contribution in [0, 0.1) is 6.92 Å². The summed E-state index contributed by atoms with van der Waals surface area (Å²) >= 11 is 1.64. The van der Waals surface area contributed by atoms with Crippen LogP contribution in [0.1, 0.15) is 21.1 Å². The highest BCUT2D eigenvalue weighted by Crippen LogP contribution is 2.25. The number of aryl methyl sites for hydroxylation is 1. The first-order valence-corrected chi connectivity index (χ1v) is 9.84. The zero-order valence-electron chi connectivity index (χ0n) is 15.8. The van der Waals surface area contributed by atoms with E-state index in [1.807, 2.05) is 52.6 Å². The first-order valence-electron chi connectivity index (χ1n) is 8.96. The standard InChI is InChI=1S/C20H21N5O2S/c1-14-23-15(12-28-14)10-24-11-17(22-13-24)19-9-16(20(26)21-6-8-27-2)18-5-3-4-7-25(18)19/h3-5,7,9,11-13H,6,8,10H2,1-2H3,(H,21,26). The number of thiazole rings is 1. The van der Waals surface area contributed by atoms with Gasteiger partial charge in [-0.05, 0) is 25.1 Å². The van der Waals surface area contributed by atoms with E-state index < -0.39 is 0 Å². The lowest BCUT2D eigenvalue weighted by atomic mass is 10.2. The topological polar surface area (TPSA) is 73.4 Å². The number of hydrogen-bond donors (Lipinski definition) is 1. The van der Waals surface area contributed by atoms with Gasteiger partial charge in [0.15, 0.2) is 0 Å². The van der Waals surface area contributed by atoms with Crippen LogP contribution in [0.15, 0.2) is 48.4 Å². The molecule has 4 rings (SSSR count). The van der Waals surface area contributed by atoms with Gasteiger partial charge in [0.25, 0.3) is 5.91 Å². The van der Waals surface area contributed by atoms with Crippen molar-refractivity contribution < 1.29 is 9.53 Å². The van der Waals surface area contributed by atoms with Crippen LogP contribution in [0.4, 0.5) is 0 Å². The van der Waals surface area contributed by atoms with E-state index in [1.165, 1.54) is 0 Å². The number of pyridine rings is 1. The van der Waals surface area contributed by atoms with Crippen molar-refractivity contribution in [1.29, 1.82) is 0 Å². The fraction of sp³-hybridized carbons (Fsp3) is 0.250. The predicted octanol–water partition coefficient (Wildman–Crippen LogP) is 2.99. The Bertz CT molecular complexity index is 1110. The number of nitrogens with one attached hydrogen (secondary N) is 1. The summed E-state index contributed by atoms with van der Waals surface area (Å²) in [6.45, 7) is 3.62. The lowest BCUT2D eigenvalue weighted by Gasteiger charge is -2.03. The molecule has 0 atom stereocenters. The Hall–Kier alpha value is -2.97. The Morgan fingerprint density at radius 2 is 2.25 bits per heavy atom. The number of ether oxygens (including phenoxy) is 1. The molecular formula is C20H21N5O2S. The van der Waals surface area contributed by atoms with Crippen LogP contribution in [0.2, 0.25) is 0 Å². The van der Waals surface area contributed by atoms with Crippen molar-refractivity contribution >= 4 is 22.8 Å². The van der Waals surface area contributed by atoms with Gasteiger partial charge in [0, 0.05) is 31.4 Å². The fourth-order valence-electron chi connectivity index (χ4n) is 3.14. The lowest BCUT2D eigenvalue weighted by molar-refractivity contribution is 0.0939. The third-order valence-electron chi connectivity index (χ3n) is 4.42. The van der Waals surface area contributed by atoms with Gasteiger partial charge in [0.1, 0.15) is 5.69 Å². The molecule has 8 heteroatoms. The van der Waals surface area contributed by atoms with Crippen molar-refractivity contribution in [3.8, 4) is 11.4 Å². The molecule has 7 nitrogen and oxygen atoms in total. The van der Waals surface area contributed by atoms with E-state index in [-0.39, 0.29) is 5.91 Å². The zero-order chi connectivity index (χ0) is 19.5. The number of methoxy groups -OCH3 is 1. The van der Waals surface area contributed by atoms with Crippen LogP contribution in [0.25, 0.3) is 16.9 Å². The smallest absolute Gasteiger partial charge is 0.253 e. The van der Waals surface area contributed by atoms with Crippen molar-refractivity contribution in [3.05, 3.63) is 64.6 Å². The first kappa shape index (κ1) is 18.4. The Morgan fingerprint density at radius 1 is 1.36 bits per heavy atom.